The lowest BCUT2D eigenvalue weighted by Gasteiger charge is -2.36. The molecule has 1 aromatic heterocycles. The van der Waals surface area contributed by atoms with Crippen molar-refractivity contribution in [2.75, 3.05) is 13.1 Å². The van der Waals surface area contributed by atoms with Gasteiger partial charge in [-0.3, -0.25) is 9.48 Å². The Hall–Kier alpha value is -2.17. The van der Waals surface area contributed by atoms with Crippen molar-refractivity contribution in [1.82, 2.24) is 14.7 Å². The Morgan fingerprint density at radius 1 is 1.25 bits per heavy atom. The van der Waals surface area contributed by atoms with E-state index in [2.05, 4.69) is 5.10 Å². The first-order chi connectivity index (χ1) is 11.5. The van der Waals surface area contributed by atoms with Crippen LogP contribution in [0.4, 0.5) is 4.39 Å². The van der Waals surface area contributed by atoms with Crippen LogP contribution in [-0.4, -0.2) is 39.3 Å². The number of nitrogens with zero attached hydrogens (tertiary/aromatic N) is 3. The van der Waals surface area contributed by atoms with Gasteiger partial charge >= 0.3 is 0 Å². The van der Waals surface area contributed by atoms with Crippen LogP contribution in [-0.2, 0) is 24.7 Å². The third-order valence-corrected chi connectivity index (χ3v) is 4.83. The van der Waals surface area contributed by atoms with Crippen molar-refractivity contribution in [3.05, 3.63) is 53.3 Å². The van der Waals surface area contributed by atoms with Gasteiger partial charge in [-0.1, -0.05) is 30.3 Å². The summed E-state index contributed by atoms with van der Waals surface area (Å²) < 4.78 is 16.8. The molecule has 0 aliphatic carbocycles. The van der Waals surface area contributed by atoms with Crippen molar-refractivity contribution >= 4 is 5.91 Å². The molecule has 0 atom stereocenters. The Balaban J connectivity index is 1.56. The van der Waals surface area contributed by atoms with Gasteiger partial charge in [0, 0.05) is 38.3 Å². The zero-order valence-electron chi connectivity index (χ0n) is 14.3. The Bertz CT molecular complexity index is 703. The Morgan fingerprint density at radius 2 is 1.92 bits per heavy atom. The van der Waals surface area contributed by atoms with Gasteiger partial charge in [0.2, 0.25) is 5.91 Å². The molecule has 1 aliphatic rings. The lowest BCUT2D eigenvalue weighted by molar-refractivity contribution is -0.133. The van der Waals surface area contributed by atoms with Crippen molar-refractivity contribution in [3.8, 4) is 0 Å². The molecule has 2 heterocycles. The van der Waals surface area contributed by atoms with E-state index in [4.69, 9.17) is 0 Å². The predicted octanol–water partition coefficient (Wildman–Crippen LogP) is 2.84. The van der Waals surface area contributed by atoms with E-state index in [0.29, 0.717) is 38.8 Å². The topological polar surface area (TPSA) is 38.1 Å². The molecule has 1 fully saturated rings. The summed E-state index contributed by atoms with van der Waals surface area (Å²) in [7, 11) is 1.85. The van der Waals surface area contributed by atoms with Gasteiger partial charge in [-0.2, -0.15) is 5.10 Å². The van der Waals surface area contributed by atoms with E-state index in [-0.39, 0.29) is 5.91 Å². The molecule has 0 bridgehead atoms. The molecule has 0 saturated carbocycles. The molecule has 24 heavy (non-hydrogen) atoms. The molecule has 5 heteroatoms. The predicted molar refractivity (Wildman–Crippen MR) is 91.4 cm³/mol. The molecule has 0 spiro atoms. The number of likely N-dealkylation sites (tertiary alicyclic amines) is 1. The molecule has 0 unspecified atom stereocenters. The number of carbonyl (C=O) groups excluding carboxylic acids is 1. The van der Waals surface area contributed by atoms with Gasteiger partial charge in [0.25, 0.3) is 0 Å². The minimum Gasteiger partial charge on any atom is -0.342 e. The summed E-state index contributed by atoms with van der Waals surface area (Å²) in [6.07, 6.45) is 3.46. The van der Waals surface area contributed by atoms with Crippen LogP contribution in [0.15, 0.2) is 36.5 Å². The molecule has 0 N–H and O–H groups in total. The fourth-order valence-electron chi connectivity index (χ4n) is 3.39. The zero-order valence-corrected chi connectivity index (χ0v) is 14.3. The van der Waals surface area contributed by atoms with Gasteiger partial charge in [-0.15, -0.1) is 0 Å². The molecule has 1 saturated heterocycles. The van der Waals surface area contributed by atoms with Crippen LogP contribution >= 0.6 is 0 Å². The summed E-state index contributed by atoms with van der Waals surface area (Å²) >= 11 is 0. The smallest absolute Gasteiger partial charge is 0.227 e. The van der Waals surface area contributed by atoms with E-state index in [1.807, 2.05) is 50.5 Å². The molecule has 1 amide bonds. The number of benzene rings is 1. The fourth-order valence-corrected chi connectivity index (χ4v) is 3.39. The van der Waals surface area contributed by atoms with Crippen LogP contribution in [0.25, 0.3) is 0 Å². The van der Waals surface area contributed by atoms with Gasteiger partial charge in [0.15, 0.2) is 0 Å². The quantitative estimate of drug-likeness (QED) is 0.865. The minimum atomic E-state index is -1.21. The molecule has 0 radical (unpaired) electrons. The van der Waals surface area contributed by atoms with Gasteiger partial charge in [0.05, 0.1) is 12.1 Å². The second-order valence-electron chi connectivity index (χ2n) is 6.78. The number of hydrogen-bond donors (Lipinski definition) is 0. The van der Waals surface area contributed by atoms with Gasteiger partial charge in [0.1, 0.15) is 5.67 Å². The average molecular weight is 329 g/mol. The number of carbonyl (C=O) groups is 1. The van der Waals surface area contributed by atoms with E-state index >= 15 is 4.39 Å². The Kier molecular flexibility index (Phi) is 4.69. The molecule has 4 nitrogen and oxygen atoms in total. The second-order valence-corrected chi connectivity index (χ2v) is 6.78. The fraction of sp³-hybridized carbons (Fsp3) is 0.474. The van der Waals surface area contributed by atoms with E-state index in [1.165, 1.54) is 0 Å². The van der Waals surface area contributed by atoms with Crippen LogP contribution in [0.1, 0.15) is 29.7 Å². The molecular weight excluding hydrogens is 305 g/mol. The molecular formula is C19H24FN3O. The molecule has 128 valence electrons. The highest BCUT2D eigenvalue weighted by Crippen LogP contribution is 2.30. The third kappa shape index (κ3) is 3.83. The lowest BCUT2D eigenvalue weighted by atomic mass is 9.87. The van der Waals surface area contributed by atoms with Crippen LogP contribution in [0.5, 0.6) is 0 Å². The average Bonchev–Trinajstić information content (AvgIpc) is 2.86. The van der Waals surface area contributed by atoms with Gasteiger partial charge in [-0.25, -0.2) is 4.39 Å². The van der Waals surface area contributed by atoms with E-state index in [0.717, 1.165) is 16.8 Å². The number of halogens is 1. The zero-order chi connectivity index (χ0) is 17.2. The maximum absolute atomic E-state index is 15.0. The van der Waals surface area contributed by atoms with Crippen molar-refractivity contribution in [2.24, 2.45) is 7.05 Å². The molecule has 3 rings (SSSR count). The number of aryl methyl sites for hydroxylation is 2. The summed E-state index contributed by atoms with van der Waals surface area (Å²) in [6.45, 7) is 2.88. The largest absolute Gasteiger partial charge is 0.342 e. The van der Waals surface area contributed by atoms with E-state index < -0.39 is 5.67 Å². The van der Waals surface area contributed by atoms with Crippen LogP contribution in [0.2, 0.25) is 0 Å². The number of amides is 1. The summed E-state index contributed by atoms with van der Waals surface area (Å²) in [5.41, 5.74) is 1.64. The summed E-state index contributed by atoms with van der Waals surface area (Å²) in [6, 6.07) is 9.74. The highest BCUT2D eigenvalue weighted by molar-refractivity contribution is 5.79. The van der Waals surface area contributed by atoms with E-state index in [1.54, 1.807) is 9.58 Å². The maximum atomic E-state index is 15.0. The summed E-state index contributed by atoms with van der Waals surface area (Å²) in [4.78, 5) is 14.3. The van der Waals surface area contributed by atoms with Crippen molar-refractivity contribution in [2.45, 2.75) is 38.3 Å². The first-order valence-corrected chi connectivity index (χ1v) is 8.45. The third-order valence-electron chi connectivity index (χ3n) is 4.83. The standard InChI is InChI=1S/C19H24FN3O/c1-15-17(14-22(2)21-15)12-18(24)23-10-8-19(20,9-11-23)13-16-6-4-3-5-7-16/h3-7,14H,8-13H2,1-2H3. The number of alkyl halides is 1. The highest BCUT2D eigenvalue weighted by Gasteiger charge is 2.36. The number of hydrogen-bond acceptors (Lipinski definition) is 2. The van der Waals surface area contributed by atoms with Crippen LogP contribution < -0.4 is 0 Å². The lowest BCUT2D eigenvalue weighted by Crippen LogP contribution is -2.46. The minimum absolute atomic E-state index is 0.0628. The van der Waals surface area contributed by atoms with Crippen molar-refractivity contribution in [3.63, 3.8) is 0 Å². The Labute approximate surface area is 142 Å². The Morgan fingerprint density at radius 3 is 2.50 bits per heavy atom. The number of piperidine rings is 1. The molecule has 2 aromatic rings. The van der Waals surface area contributed by atoms with E-state index in [9.17, 15) is 4.79 Å². The van der Waals surface area contributed by atoms with Crippen molar-refractivity contribution < 1.29 is 9.18 Å². The molecule has 1 aliphatic heterocycles. The van der Waals surface area contributed by atoms with Crippen molar-refractivity contribution in [1.29, 1.82) is 0 Å². The monoisotopic (exact) mass is 329 g/mol. The first-order valence-electron chi connectivity index (χ1n) is 8.45. The maximum Gasteiger partial charge on any atom is 0.227 e. The van der Waals surface area contributed by atoms with Gasteiger partial charge in [-0.05, 0) is 25.3 Å². The number of rotatable bonds is 4. The normalized spacial score (nSPS) is 17.0. The SMILES string of the molecule is Cc1nn(C)cc1CC(=O)N1CCC(F)(Cc2ccccc2)CC1. The second kappa shape index (κ2) is 6.75. The van der Waals surface area contributed by atoms with Crippen LogP contribution in [0, 0.1) is 6.92 Å². The summed E-state index contributed by atoms with van der Waals surface area (Å²) in [5.74, 6) is 0.0628. The number of aromatic nitrogens is 2. The summed E-state index contributed by atoms with van der Waals surface area (Å²) in [5, 5.41) is 4.27. The van der Waals surface area contributed by atoms with Crippen LogP contribution in [0.3, 0.4) is 0 Å². The molecule has 1 aromatic carbocycles. The highest BCUT2D eigenvalue weighted by atomic mass is 19.1. The first kappa shape index (κ1) is 16.7. The van der Waals surface area contributed by atoms with Gasteiger partial charge < -0.3 is 4.90 Å².